The molecule has 4 heteroatoms. The number of fused-ring (bicyclic) bond motifs is 12. The lowest BCUT2D eigenvalue weighted by atomic mass is 9.35. The van der Waals surface area contributed by atoms with Crippen molar-refractivity contribution in [2.45, 2.75) is 174 Å². The zero-order valence-electron chi connectivity index (χ0n) is 47.1. The lowest BCUT2D eigenvalue weighted by Crippen LogP contribution is -2.61. The Bertz CT molecular complexity index is 3760. The van der Waals surface area contributed by atoms with Gasteiger partial charge in [0.05, 0.1) is 17.0 Å². The molecule has 0 saturated carbocycles. The highest BCUT2D eigenvalue weighted by atomic mass is 16.3. The number of rotatable bonds is 3. The van der Waals surface area contributed by atoms with Gasteiger partial charge in [-0.1, -0.05) is 150 Å². The van der Waals surface area contributed by atoms with Crippen molar-refractivity contribution < 1.29 is 4.42 Å². The van der Waals surface area contributed by atoms with E-state index in [1.807, 2.05) is 0 Å². The van der Waals surface area contributed by atoms with Gasteiger partial charge in [-0.3, -0.25) is 0 Å². The van der Waals surface area contributed by atoms with Gasteiger partial charge in [0, 0.05) is 33.7 Å². The molecule has 3 heterocycles. The van der Waals surface area contributed by atoms with E-state index < -0.39 is 0 Å². The number of nitrogens with zero attached hydrogens (tertiary/aromatic N) is 2. The van der Waals surface area contributed by atoms with E-state index in [0.29, 0.717) is 0 Å². The van der Waals surface area contributed by atoms with Gasteiger partial charge in [0.2, 0.25) is 0 Å². The molecule has 0 radical (unpaired) electrons. The van der Waals surface area contributed by atoms with Gasteiger partial charge in [-0.05, 0) is 223 Å². The first-order valence-electron chi connectivity index (χ1n) is 28.5. The molecule has 6 aliphatic rings. The van der Waals surface area contributed by atoms with Crippen LogP contribution in [0.3, 0.4) is 0 Å². The molecular weight excluding hydrogens is 908 g/mol. The van der Waals surface area contributed by atoms with E-state index in [0.717, 1.165) is 56.2 Å². The molecule has 1 aromatic heterocycles. The maximum atomic E-state index is 7.81. The molecule has 378 valence electrons. The Morgan fingerprint density at radius 2 is 0.933 bits per heavy atom. The summed E-state index contributed by atoms with van der Waals surface area (Å²) in [7, 11) is 0. The fourth-order valence-corrected chi connectivity index (χ4v) is 15.3. The SMILES string of the molecule is Cc1cc2c3c(c1)N(c1ccc4c(c1)-c1ccccc1CC4)c1c(oc4cc5c(cc14)C(C)(C)CCC5(C)C)B3c1cc3c(cc1N2c1cc2c(cc1-c1ccccc1)C(C)(C)CCC2(C)C)C(C)(C)CCC3(C)C. The van der Waals surface area contributed by atoms with Crippen LogP contribution in [0.25, 0.3) is 33.2 Å². The molecule has 0 atom stereocenters. The minimum Gasteiger partial charge on any atom is -0.468 e. The van der Waals surface area contributed by atoms with Gasteiger partial charge in [-0.15, -0.1) is 0 Å². The lowest BCUT2D eigenvalue weighted by molar-refractivity contribution is 0.332. The molecule has 0 amide bonds. The predicted octanol–water partition coefficient (Wildman–Crippen LogP) is 17.3. The third-order valence-corrected chi connectivity index (χ3v) is 20.4. The molecule has 0 bridgehead atoms. The molecular formula is C71H75BN2O. The molecule has 0 unspecified atom stereocenters. The number of aryl methyl sites for hydroxylation is 3. The van der Waals surface area contributed by atoms with Crippen LogP contribution in [0.4, 0.5) is 34.1 Å². The van der Waals surface area contributed by atoms with Crippen LogP contribution in [0.15, 0.2) is 126 Å². The van der Waals surface area contributed by atoms with Crippen LogP contribution in [0, 0.1) is 6.92 Å². The van der Waals surface area contributed by atoms with E-state index in [2.05, 4.69) is 221 Å². The van der Waals surface area contributed by atoms with E-state index in [1.54, 1.807) is 0 Å². The molecule has 8 aromatic rings. The average molecular weight is 983 g/mol. The normalized spacial score (nSPS) is 20.2. The molecule has 7 aromatic carbocycles. The van der Waals surface area contributed by atoms with Crippen LogP contribution < -0.4 is 26.4 Å². The van der Waals surface area contributed by atoms with Gasteiger partial charge in [-0.25, -0.2) is 0 Å². The second-order valence-corrected chi connectivity index (χ2v) is 28.1. The molecule has 3 nitrogen and oxygen atoms in total. The zero-order valence-corrected chi connectivity index (χ0v) is 47.1. The van der Waals surface area contributed by atoms with Crippen molar-refractivity contribution in [3.8, 4) is 22.3 Å². The number of furan rings is 1. The molecule has 0 spiro atoms. The number of benzene rings is 7. The van der Waals surface area contributed by atoms with E-state index in [1.165, 1.54) is 129 Å². The summed E-state index contributed by atoms with van der Waals surface area (Å²) < 4.78 is 7.81. The van der Waals surface area contributed by atoms with Crippen molar-refractivity contribution in [3.63, 3.8) is 0 Å². The maximum Gasteiger partial charge on any atom is 0.297 e. The fourth-order valence-electron chi connectivity index (χ4n) is 15.3. The largest absolute Gasteiger partial charge is 0.468 e. The summed E-state index contributed by atoms with van der Waals surface area (Å²) >= 11 is 0. The quantitative estimate of drug-likeness (QED) is 0.165. The molecule has 0 saturated heterocycles. The smallest absolute Gasteiger partial charge is 0.297 e. The Balaban J connectivity index is 1.13. The zero-order chi connectivity index (χ0) is 52.1. The van der Waals surface area contributed by atoms with Gasteiger partial charge in [0.25, 0.3) is 6.71 Å². The summed E-state index contributed by atoms with van der Waals surface area (Å²) in [6.45, 7) is 31.9. The minimum atomic E-state index is -0.142. The highest BCUT2D eigenvalue weighted by Gasteiger charge is 2.51. The predicted molar refractivity (Wildman–Crippen MR) is 319 cm³/mol. The first-order valence-corrected chi connectivity index (χ1v) is 28.5. The Kier molecular flexibility index (Phi) is 9.73. The fraction of sp³-hybridized carbons (Fsp3) is 0.380. The van der Waals surface area contributed by atoms with Crippen LogP contribution >= 0.6 is 0 Å². The Morgan fingerprint density at radius 3 is 1.56 bits per heavy atom. The van der Waals surface area contributed by atoms with Crippen LogP contribution in [0.1, 0.15) is 172 Å². The molecule has 4 aliphatic carbocycles. The van der Waals surface area contributed by atoms with Crippen molar-refractivity contribution in [1.82, 2.24) is 0 Å². The summed E-state index contributed by atoms with van der Waals surface area (Å²) in [5.41, 5.74) is 30.5. The van der Waals surface area contributed by atoms with Crippen molar-refractivity contribution >= 4 is 68.4 Å². The van der Waals surface area contributed by atoms with Crippen molar-refractivity contribution in [1.29, 1.82) is 0 Å². The van der Waals surface area contributed by atoms with Crippen molar-refractivity contribution in [2.75, 3.05) is 9.80 Å². The van der Waals surface area contributed by atoms with Gasteiger partial charge in [0.1, 0.15) is 5.58 Å². The summed E-state index contributed by atoms with van der Waals surface area (Å²) in [6, 6.07) is 48.5. The first kappa shape index (κ1) is 47.2. The monoisotopic (exact) mass is 983 g/mol. The van der Waals surface area contributed by atoms with E-state index in [-0.39, 0.29) is 39.2 Å². The highest BCUT2D eigenvalue weighted by molar-refractivity contribution is 7.00. The van der Waals surface area contributed by atoms with E-state index in [9.17, 15) is 0 Å². The van der Waals surface area contributed by atoms with Gasteiger partial charge in [-0.2, -0.15) is 0 Å². The van der Waals surface area contributed by atoms with Crippen LogP contribution in [0.5, 0.6) is 0 Å². The van der Waals surface area contributed by atoms with Crippen LogP contribution in [-0.2, 0) is 45.3 Å². The third kappa shape index (κ3) is 6.78. The highest BCUT2D eigenvalue weighted by Crippen LogP contribution is 2.57. The molecule has 2 aliphatic heterocycles. The number of hydrogen-bond acceptors (Lipinski definition) is 3. The average Bonchev–Trinajstić information content (AvgIpc) is 3.81. The second kappa shape index (κ2) is 15.5. The number of anilines is 6. The van der Waals surface area contributed by atoms with Gasteiger partial charge in [0.15, 0.2) is 0 Å². The Hall–Kier alpha value is -6.26. The van der Waals surface area contributed by atoms with E-state index in [4.69, 9.17) is 4.42 Å². The second-order valence-electron chi connectivity index (χ2n) is 28.1. The molecule has 75 heavy (non-hydrogen) atoms. The Morgan fingerprint density at radius 1 is 0.427 bits per heavy atom. The standard InChI is InChI=1S/C71H75BN2O/c1-42-33-60-63-61(34-42)74(58-39-54-51(66(2,3)27-30-69(54,8)9)36-49(58)43-19-15-14-16-20-43)59-40-55-53(68(6,7)29-31-70(55,10)11)38-57(59)72(63)65-64(50-37-52-56(41-62(50)75-65)71(12,13)32-28-67(52,4)5)73(60)46-26-25-45-24-23-44-21-17-18-22-47(44)48(45)35-46/h14-22,25-26,33-41H,23-24,27-32H2,1-13H3. The topological polar surface area (TPSA) is 19.6 Å². The molecule has 14 rings (SSSR count). The Labute approximate surface area is 447 Å². The van der Waals surface area contributed by atoms with Gasteiger partial charge < -0.3 is 14.2 Å². The maximum absolute atomic E-state index is 7.81. The first-order chi connectivity index (χ1) is 35.5. The summed E-state index contributed by atoms with van der Waals surface area (Å²) in [6.07, 6.45) is 9.05. The van der Waals surface area contributed by atoms with Crippen LogP contribution in [-0.4, -0.2) is 6.71 Å². The summed E-state index contributed by atoms with van der Waals surface area (Å²) in [5, 5.41) is 1.22. The van der Waals surface area contributed by atoms with E-state index >= 15 is 0 Å². The third-order valence-electron chi connectivity index (χ3n) is 20.4. The summed E-state index contributed by atoms with van der Waals surface area (Å²) in [5.74, 6) is 0. The van der Waals surface area contributed by atoms with Crippen molar-refractivity contribution in [2.24, 2.45) is 0 Å². The molecule has 0 fully saturated rings. The summed E-state index contributed by atoms with van der Waals surface area (Å²) in [4.78, 5) is 5.40. The minimum absolute atomic E-state index is 0.00474. The van der Waals surface area contributed by atoms with Crippen LogP contribution in [0.2, 0.25) is 0 Å². The lowest BCUT2D eigenvalue weighted by Gasteiger charge is -2.47. The number of hydrogen-bond donors (Lipinski definition) is 0. The molecule has 0 N–H and O–H groups in total. The van der Waals surface area contributed by atoms with Crippen molar-refractivity contribution in [3.05, 3.63) is 171 Å². The van der Waals surface area contributed by atoms with Gasteiger partial charge >= 0.3 is 0 Å².